The van der Waals surface area contributed by atoms with E-state index in [1.807, 2.05) is 5.38 Å². The number of halogens is 1. The zero-order valence-corrected chi connectivity index (χ0v) is 8.63. The Morgan fingerprint density at radius 2 is 2.46 bits per heavy atom. The lowest BCUT2D eigenvalue weighted by molar-refractivity contribution is 0.110. The molecule has 0 atom stereocenters. The standard InChI is InChI=1S/C7H3BrN2O2S/c8-5-3-13-10-6(5)7-9-1-4(2-11)12-7/h1-3H. The van der Waals surface area contributed by atoms with Crippen molar-refractivity contribution in [3.05, 3.63) is 21.8 Å². The van der Waals surface area contributed by atoms with E-state index in [9.17, 15) is 4.79 Å². The van der Waals surface area contributed by atoms with Gasteiger partial charge in [0.25, 0.3) is 0 Å². The van der Waals surface area contributed by atoms with Crippen LogP contribution in [0.3, 0.4) is 0 Å². The van der Waals surface area contributed by atoms with E-state index in [4.69, 9.17) is 4.42 Å². The third-order valence-corrected chi connectivity index (χ3v) is 2.91. The van der Waals surface area contributed by atoms with Gasteiger partial charge in [-0.25, -0.2) is 4.98 Å². The fourth-order valence-corrected chi connectivity index (χ4v) is 1.98. The molecule has 0 amide bonds. The highest BCUT2D eigenvalue weighted by Crippen LogP contribution is 2.27. The van der Waals surface area contributed by atoms with Gasteiger partial charge in [-0.05, 0) is 27.5 Å². The van der Waals surface area contributed by atoms with Crippen LogP contribution in [0, 0.1) is 0 Å². The first-order valence-corrected chi connectivity index (χ1v) is 4.95. The van der Waals surface area contributed by atoms with Crippen molar-refractivity contribution in [2.75, 3.05) is 0 Å². The van der Waals surface area contributed by atoms with Gasteiger partial charge in [-0.2, -0.15) is 4.37 Å². The molecule has 13 heavy (non-hydrogen) atoms. The van der Waals surface area contributed by atoms with Crippen LogP contribution in [0.25, 0.3) is 11.6 Å². The van der Waals surface area contributed by atoms with E-state index >= 15 is 0 Å². The summed E-state index contributed by atoms with van der Waals surface area (Å²) in [5.74, 6) is 0.560. The Morgan fingerprint density at radius 1 is 1.62 bits per heavy atom. The Morgan fingerprint density at radius 3 is 3.00 bits per heavy atom. The van der Waals surface area contributed by atoms with Gasteiger partial charge in [-0.15, -0.1) is 0 Å². The number of aromatic nitrogens is 2. The van der Waals surface area contributed by atoms with E-state index in [-0.39, 0.29) is 5.76 Å². The predicted molar refractivity (Wildman–Crippen MR) is 50.7 cm³/mol. The third-order valence-electron chi connectivity index (χ3n) is 1.37. The predicted octanol–water partition coefficient (Wildman–Crippen LogP) is 2.37. The molecule has 0 unspecified atom stereocenters. The highest BCUT2D eigenvalue weighted by atomic mass is 79.9. The maximum absolute atomic E-state index is 10.3. The number of oxazole rings is 1. The first kappa shape index (κ1) is 8.58. The van der Waals surface area contributed by atoms with E-state index in [1.54, 1.807) is 0 Å². The van der Waals surface area contributed by atoms with Crippen LogP contribution in [0.5, 0.6) is 0 Å². The van der Waals surface area contributed by atoms with Crippen molar-refractivity contribution in [1.29, 1.82) is 0 Å². The Balaban J connectivity index is 2.46. The topological polar surface area (TPSA) is 56.0 Å². The normalized spacial score (nSPS) is 10.2. The zero-order valence-electron chi connectivity index (χ0n) is 6.23. The molecule has 2 aromatic rings. The lowest BCUT2D eigenvalue weighted by Crippen LogP contribution is -1.75. The van der Waals surface area contributed by atoms with Gasteiger partial charge in [0.2, 0.25) is 5.89 Å². The summed E-state index contributed by atoms with van der Waals surface area (Å²) in [7, 11) is 0. The maximum Gasteiger partial charge on any atom is 0.248 e. The van der Waals surface area contributed by atoms with E-state index in [1.165, 1.54) is 17.7 Å². The monoisotopic (exact) mass is 258 g/mol. The summed E-state index contributed by atoms with van der Waals surface area (Å²) in [6, 6.07) is 0. The first-order valence-electron chi connectivity index (χ1n) is 3.32. The van der Waals surface area contributed by atoms with Crippen molar-refractivity contribution < 1.29 is 9.21 Å². The summed E-state index contributed by atoms with van der Waals surface area (Å²) in [6.45, 7) is 0. The van der Waals surface area contributed by atoms with Crippen LogP contribution in [0.15, 0.2) is 20.5 Å². The fraction of sp³-hybridized carbons (Fsp3) is 0. The van der Waals surface area contributed by atoms with Crippen molar-refractivity contribution >= 4 is 33.7 Å². The van der Waals surface area contributed by atoms with Crippen LogP contribution in [-0.4, -0.2) is 15.6 Å². The summed E-state index contributed by atoms with van der Waals surface area (Å²) in [5.41, 5.74) is 0.623. The highest BCUT2D eigenvalue weighted by Gasteiger charge is 2.11. The van der Waals surface area contributed by atoms with Crippen LogP contribution in [0.1, 0.15) is 10.6 Å². The number of nitrogens with zero attached hydrogens (tertiary/aromatic N) is 2. The summed E-state index contributed by atoms with van der Waals surface area (Å²) in [5, 5.41) is 1.82. The second-order valence-electron chi connectivity index (χ2n) is 2.20. The van der Waals surface area contributed by atoms with Crippen molar-refractivity contribution in [3.63, 3.8) is 0 Å². The lowest BCUT2D eigenvalue weighted by Gasteiger charge is -1.87. The minimum absolute atomic E-state index is 0.204. The second-order valence-corrected chi connectivity index (χ2v) is 3.68. The molecule has 2 aromatic heterocycles. The van der Waals surface area contributed by atoms with Gasteiger partial charge in [0.05, 0.1) is 10.7 Å². The first-order chi connectivity index (χ1) is 6.31. The molecular formula is C7H3BrN2O2S. The van der Waals surface area contributed by atoms with E-state index in [2.05, 4.69) is 25.3 Å². The molecule has 66 valence electrons. The number of hydrogen-bond donors (Lipinski definition) is 0. The minimum Gasteiger partial charge on any atom is -0.432 e. The molecule has 0 saturated carbocycles. The number of carbonyl (C=O) groups is 1. The average Bonchev–Trinajstić information content (AvgIpc) is 2.71. The number of aldehydes is 1. The van der Waals surface area contributed by atoms with E-state index in [0.717, 1.165) is 4.47 Å². The van der Waals surface area contributed by atoms with Crippen LogP contribution < -0.4 is 0 Å². The maximum atomic E-state index is 10.3. The van der Waals surface area contributed by atoms with Crippen molar-refractivity contribution in [1.82, 2.24) is 9.36 Å². The van der Waals surface area contributed by atoms with E-state index in [0.29, 0.717) is 17.9 Å². The fourth-order valence-electron chi connectivity index (χ4n) is 0.816. The minimum atomic E-state index is 0.204. The molecule has 0 N–H and O–H groups in total. The molecule has 0 aliphatic carbocycles. The van der Waals surface area contributed by atoms with Crippen LogP contribution in [0.2, 0.25) is 0 Å². The third kappa shape index (κ3) is 1.54. The van der Waals surface area contributed by atoms with Crippen LogP contribution in [0.4, 0.5) is 0 Å². The number of rotatable bonds is 2. The summed E-state index contributed by atoms with van der Waals surface area (Å²) < 4.78 is 9.97. The number of carbonyl (C=O) groups excluding carboxylic acids is 1. The Bertz CT molecular complexity index is 437. The molecule has 0 aromatic carbocycles. The molecule has 0 radical (unpaired) electrons. The average molecular weight is 259 g/mol. The highest BCUT2D eigenvalue weighted by molar-refractivity contribution is 9.10. The summed E-state index contributed by atoms with van der Waals surface area (Å²) >= 11 is 4.59. The quantitative estimate of drug-likeness (QED) is 0.777. The molecule has 4 nitrogen and oxygen atoms in total. The molecule has 2 rings (SSSR count). The van der Waals surface area contributed by atoms with Gasteiger partial charge in [0.15, 0.2) is 17.7 Å². The Kier molecular flexibility index (Phi) is 2.24. The van der Waals surface area contributed by atoms with Gasteiger partial charge in [0, 0.05) is 5.38 Å². The molecule has 0 bridgehead atoms. The number of hydrogen-bond acceptors (Lipinski definition) is 5. The summed E-state index contributed by atoms with van der Waals surface area (Å²) in [6.07, 6.45) is 1.98. The van der Waals surface area contributed by atoms with Crippen molar-refractivity contribution in [3.8, 4) is 11.6 Å². The molecular weight excluding hydrogens is 256 g/mol. The van der Waals surface area contributed by atoms with Crippen LogP contribution >= 0.6 is 27.5 Å². The smallest absolute Gasteiger partial charge is 0.248 e. The van der Waals surface area contributed by atoms with Gasteiger partial charge >= 0.3 is 0 Å². The van der Waals surface area contributed by atoms with Gasteiger partial charge in [0.1, 0.15) is 0 Å². The Hall–Kier alpha value is -1.01. The molecule has 0 aliphatic heterocycles. The van der Waals surface area contributed by atoms with Gasteiger partial charge in [-0.3, -0.25) is 4.79 Å². The molecule has 6 heteroatoms. The van der Waals surface area contributed by atoms with Crippen molar-refractivity contribution in [2.45, 2.75) is 0 Å². The SMILES string of the molecule is O=Cc1cnc(-c2nscc2Br)o1. The van der Waals surface area contributed by atoms with Crippen molar-refractivity contribution in [2.24, 2.45) is 0 Å². The van der Waals surface area contributed by atoms with Crippen LogP contribution in [-0.2, 0) is 0 Å². The lowest BCUT2D eigenvalue weighted by atomic mass is 10.4. The van der Waals surface area contributed by atoms with Gasteiger partial charge in [-0.1, -0.05) is 0 Å². The molecule has 0 aliphatic rings. The Labute approximate surface area is 85.9 Å². The van der Waals surface area contributed by atoms with Gasteiger partial charge < -0.3 is 4.42 Å². The molecule has 0 spiro atoms. The van der Waals surface area contributed by atoms with E-state index < -0.39 is 0 Å². The second kappa shape index (κ2) is 3.39. The molecule has 0 fully saturated rings. The zero-order chi connectivity index (χ0) is 9.26. The summed E-state index contributed by atoms with van der Waals surface area (Å²) in [4.78, 5) is 14.2. The molecule has 0 saturated heterocycles. The largest absolute Gasteiger partial charge is 0.432 e. The molecule has 2 heterocycles.